The van der Waals surface area contributed by atoms with Crippen molar-refractivity contribution >= 4 is 11.7 Å². The zero-order valence-corrected chi connectivity index (χ0v) is 9.29. The molecule has 0 spiro atoms. The second kappa shape index (κ2) is 16.1. The van der Waals surface area contributed by atoms with Crippen molar-refractivity contribution in [2.45, 2.75) is 60.9 Å². The highest BCUT2D eigenvalue weighted by molar-refractivity contribution is 5.80. The highest BCUT2D eigenvalue weighted by Gasteiger charge is 2.13. The van der Waals surface area contributed by atoms with Crippen molar-refractivity contribution in [1.29, 1.82) is 0 Å². The van der Waals surface area contributed by atoms with E-state index < -0.39 is 0 Å². The maximum Gasteiger partial charge on any atom is 0.234 e. The van der Waals surface area contributed by atoms with Crippen LogP contribution in [0.3, 0.4) is 0 Å². The molecule has 1 atom stereocenters. The van der Waals surface area contributed by atoms with Gasteiger partial charge in [-0.15, -0.1) is 0 Å². The van der Waals surface area contributed by atoms with Gasteiger partial charge in [-0.3, -0.25) is 9.59 Å². The normalized spacial score (nSPS) is 10.3. The van der Waals surface area contributed by atoms with Crippen LogP contribution in [0, 0.1) is 0 Å². The number of carbonyl (C=O) groups is 2. The minimum Gasteiger partial charge on any atom is -0.368 e. The van der Waals surface area contributed by atoms with Crippen LogP contribution in [0.15, 0.2) is 0 Å². The van der Waals surface area contributed by atoms with Gasteiger partial charge in [0.1, 0.15) is 5.78 Å². The highest BCUT2D eigenvalue weighted by Crippen LogP contribution is 1.99. The Morgan fingerprint density at radius 1 is 1.17 bits per heavy atom. The Labute approximate surface area is 113 Å². The Kier molecular flexibility index (Phi) is 23.0. The second-order valence-corrected chi connectivity index (χ2v) is 3.65. The zero-order valence-electron chi connectivity index (χ0n) is 9.29. The van der Waals surface area contributed by atoms with Crippen molar-refractivity contribution in [3.63, 3.8) is 0 Å². The lowest BCUT2D eigenvalue weighted by Gasteiger charge is -2.14. The Morgan fingerprint density at radius 2 is 1.72 bits per heavy atom. The van der Waals surface area contributed by atoms with Crippen LogP contribution < -0.4 is 16.8 Å². The molecule has 0 aliphatic rings. The van der Waals surface area contributed by atoms with Gasteiger partial charge in [-0.2, -0.15) is 0 Å². The Balaban J connectivity index is -0.000000327. The van der Waals surface area contributed by atoms with Gasteiger partial charge in [0.05, 0.1) is 6.04 Å². The molecular formula is C13H33N3O2. The largest absolute Gasteiger partial charge is 0.368 e. The molecule has 18 heavy (non-hydrogen) atoms. The minimum absolute atomic E-state index is 0. The van der Waals surface area contributed by atoms with Crippen molar-refractivity contribution in [3.05, 3.63) is 0 Å². The summed E-state index contributed by atoms with van der Waals surface area (Å²) in [6, 6.07) is -0.337. The molecule has 0 rings (SSSR count). The molecule has 0 bridgehead atoms. The number of nitrogens with two attached hydrogens (primary N) is 2. The van der Waals surface area contributed by atoms with E-state index in [9.17, 15) is 9.59 Å². The molecule has 5 nitrogen and oxygen atoms in total. The van der Waals surface area contributed by atoms with Gasteiger partial charge in [0.15, 0.2) is 0 Å². The standard InChI is InChI=1S/C10H21N3O2.3CH4/c1-8(14)5-7-13-9(10(12)15)4-2-3-6-11;;;/h9,13H,2-7,11H2,1H3,(H2,12,15);3*1H4. The van der Waals surface area contributed by atoms with Crippen molar-refractivity contribution < 1.29 is 9.59 Å². The quantitative estimate of drug-likeness (QED) is 0.548. The number of amides is 1. The first-order chi connectivity index (χ1) is 7.07. The number of carbonyl (C=O) groups excluding carboxylic acids is 2. The first-order valence-electron chi connectivity index (χ1n) is 5.30. The van der Waals surface area contributed by atoms with E-state index in [1.165, 1.54) is 6.92 Å². The molecule has 0 aromatic rings. The third-order valence-electron chi connectivity index (χ3n) is 2.16. The molecule has 112 valence electrons. The fraction of sp³-hybridized carbons (Fsp3) is 0.846. The second-order valence-electron chi connectivity index (χ2n) is 3.65. The number of Topliss-reactive ketones (excluding diaryl/α,β-unsaturated/α-hetero) is 1. The summed E-state index contributed by atoms with van der Waals surface area (Å²) in [4.78, 5) is 21.7. The van der Waals surface area contributed by atoms with E-state index in [4.69, 9.17) is 11.5 Å². The number of nitrogens with one attached hydrogen (secondary N) is 1. The van der Waals surface area contributed by atoms with Gasteiger partial charge in [-0.05, 0) is 26.3 Å². The first kappa shape index (κ1) is 25.8. The summed E-state index contributed by atoms with van der Waals surface area (Å²) in [6.45, 7) is 2.65. The van der Waals surface area contributed by atoms with Gasteiger partial charge >= 0.3 is 0 Å². The van der Waals surface area contributed by atoms with Crippen LogP contribution in [0.2, 0.25) is 0 Å². The van der Waals surface area contributed by atoms with Crippen LogP contribution in [-0.4, -0.2) is 30.8 Å². The molecule has 0 aliphatic carbocycles. The maximum atomic E-state index is 11.0. The summed E-state index contributed by atoms with van der Waals surface area (Å²) >= 11 is 0. The van der Waals surface area contributed by atoms with Gasteiger partial charge in [0.25, 0.3) is 0 Å². The molecule has 0 aromatic carbocycles. The molecule has 0 fully saturated rings. The zero-order chi connectivity index (χ0) is 11.7. The summed E-state index contributed by atoms with van der Waals surface area (Å²) in [6.07, 6.45) is 2.88. The molecule has 1 unspecified atom stereocenters. The lowest BCUT2D eigenvalue weighted by molar-refractivity contribution is -0.121. The average Bonchev–Trinajstić information content (AvgIpc) is 2.15. The number of ketones is 1. The van der Waals surface area contributed by atoms with Crippen LogP contribution >= 0.6 is 0 Å². The van der Waals surface area contributed by atoms with E-state index in [1.807, 2.05) is 0 Å². The van der Waals surface area contributed by atoms with E-state index in [0.717, 1.165) is 12.8 Å². The van der Waals surface area contributed by atoms with Crippen molar-refractivity contribution in [1.82, 2.24) is 5.32 Å². The van der Waals surface area contributed by atoms with Crippen LogP contribution in [0.4, 0.5) is 0 Å². The van der Waals surface area contributed by atoms with E-state index >= 15 is 0 Å². The number of hydrogen-bond donors (Lipinski definition) is 3. The Bertz CT molecular complexity index is 208. The van der Waals surface area contributed by atoms with Gasteiger partial charge in [0, 0.05) is 13.0 Å². The van der Waals surface area contributed by atoms with Crippen molar-refractivity contribution in [3.8, 4) is 0 Å². The third-order valence-corrected chi connectivity index (χ3v) is 2.16. The maximum absolute atomic E-state index is 11.0. The van der Waals surface area contributed by atoms with Crippen LogP contribution in [0.5, 0.6) is 0 Å². The number of hydrogen-bond acceptors (Lipinski definition) is 4. The van der Waals surface area contributed by atoms with Gasteiger partial charge in [0.2, 0.25) is 5.91 Å². The van der Waals surface area contributed by atoms with Crippen molar-refractivity contribution in [2.75, 3.05) is 13.1 Å². The van der Waals surface area contributed by atoms with Gasteiger partial charge < -0.3 is 16.8 Å². The lowest BCUT2D eigenvalue weighted by atomic mass is 10.1. The van der Waals surface area contributed by atoms with E-state index in [-0.39, 0.29) is 40.0 Å². The molecular weight excluding hydrogens is 230 g/mol. The van der Waals surface area contributed by atoms with E-state index in [2.05, 4.69) is 5.32 Å². The molecule has 0 aromatic heterocycles. The van der Waals surface area contributed by atoms with Crippen LogP contribution in [0.25, 0.3) is 0 Å². The highest BCUT2D eigenvalue weighted by atomic mass is 16.1. The summed E-state index contributed by atoms with van der Waals surface area (Å²) in [5, 5.41) is 2.97. The minimum atomic E-state index is -0.365. The predicted molar refractivity (Wildman–Crippen MR) is 79.4 cm³/mol. The summed E-state index contributed by atoms with van der Waals surface area (Å²) in [5.74, 6) is -0.261. The monoisotopic (exact) mass is 263 g/mol. The Hall–Kier alpha value is -0.940. The summed E-state index contributed by atoms with van der Waals surface area (Å²) in [7, 11) is 0. The SMILES string of the molecule is C.C.C.CC(=O)CCNC(CCCCN)C(N)=O. The van der Waals surface area contributed by atoms with E-state index in [0.29, 0.717) is 25.9 Å². The smallest absolute Gasteiger partial charge is 0.234 e. The fourth-order valence-corrected chi connectivity index (χ4v) is 1.26. The van der Waals surface area contributed by atoms with Gasteiger partial charge in [-0.1, -0.05) is 28.7 Å². The molecule has 0 saturated heterocycles. The summed E-state index contributed by atoms with van der Waals surface area (Å²) < 4.78 is 0. The topological polar surface area (TPSA) is 98.2 Å². The summed E-state index contributed by atoms with van der Waals surface area (Å²) in [5.41, 5.74) is 10.6. The molecule has 5 N–H and O–H groups in total. The Morgan fingerprint density at radius 3 is 2.11 bits per heavy atom. The molecule has 1 amide bonds. The molecule has 0 aliphatic heterocycles. The molecule has 5 heteroatoms. The van der Waals surface area contributed by atoms with Crippen molar-refractivity contribution in [2.24, 2.45) is 11.5 Å². The number of rotatable bonds is 9. The molecule has 0 saturated carbocycles. The van der Waals surface area contributed by atoms with Gasteiger partial charge in [-0.25, -0.2) is 0 Å². The first-order valence-corrected chi connectivity index (χ1v) is 5.30. The van der Waals surface area contributed by atoms with Crippen LogP contribution in [-0.2, 0) is 9.59 Å². The fourth-order valence-electron chi connectivity index (χ4n) is 1.26. The molecule has 0 heterocycles. The van der Waals surface area contributed by atoms with Crippen LogP contribution in [0.1, 0.15) is 54.9 Å². The average molecular weight is 263 g/mol. The number of unbranched alkanes of at least 4 members (excludes halogenated alkanes) is 1. The third kappa shape index (κ3) is 15.1. The molecule has 0 radical (unpaired) electrons. The lowest BCUT2D eigenvalue weighted by Crippen LogP contribution is -2.42. The van der Waals surface area contributed by atoms with E-state index in [1.54, 1.807) is 0 Å². The predicted octanol–water partition coefficient (Wildman–Crippen LogP) is 1.45. The number of primary amides is 1.